The molecule has 0 spiro atoms. The molecule has 52 heavy (non-hydrogen) atoms. The van der Waals surface area contributed by atoms with Crippen LogP contribution in [0.2, 0.25) is 0 Å². The highest BCUT2D eigenvalue weighted by molar-refractivity contribution is 7.31. The molecule has 0 bridgehead atoms. The SMILES string of the molecule is c1ccc(-c2ccc(-c3ccc(-c4ccc(-c5ccc(-c6ccc(-c7ccc(-c8ccc(-c9ccc(-c%10ccccc%10)s9)s8)s7)s6)s5)s4)s3)s2)cc1. The highest BCUT2D eigenvalue weighted by Crippen LogP contribution is 2.48. The normalized spacial score (nSPS) is 11.5. The average molecular weight is 811 g/mol. The Morgan fingerprint density at radius 2 is 0.308 bits per heavy atom. The average Bonchev–Trinajstić information content (AvgIpc) is 4.05. The summed E-state index contributed by atoms with van der Waals surface area (Å²) in [6.45, 7) is 0. The molecule has 0 atom stereocenters. The third-order valence-corrected chi connectivity index (χ3v) is 18.8. The van der Waals surface area contributed by atoms with Crippen molar-refractivity contribution in [2.75, 3.05) is 0 Å². The molecule has 0 radical (unpaired) electrons. The number of thiophene rings is 8. The van der Waals surface area contributed by atoms with Crippen LogP contribution in [-0.4, -0.2) is 0 Å². The molecule has 8 aromatic heterocycles. The minimum absolute atomic E-state index is 1.28. The second-order valence-electron chi connectivity index (χ2n) is 12.0. The van der Waals surface area contributed by atoms with Crippen LogP contribution in [0.3, 0.4) is 0 Å². The molecule has 8 heteroatoms. The van der Waals surface area contributed by atoms with Crippen molar-refractivity contribution in [3.8, 4) is 89.2 Å². The minimum Gasteiger partial charge on any atom is -0.134 e. The van der Waals surface area contributed by atoms with E-state index in [-0.39, 0.29) is 0 Å². The van der Waals surface area contributed by atoms with Crippen LogP contribution in [0.4, 0.5) is 0 Å². The quantitative estimate of drug-likeness (QED) is 0.136. The largest absolute Gasteiger partial charge is 0.134 e. The Kier molecular flexibility index (Phi) is 8.87. The molecule has 0 nitrogen and oxygen atoms in total. The number of benzene rings is 2. The predicted molar refractivity (Wildman–Crippen MR) is 238 cm³/mol. The summed E-state index contributed by atoms with van der Waals surface area (Å²) in [5, 5.41) is 0. The second kappa shape index (κ2) is 14.1. The van der Waals surface area contributed by atoms with E-state index < -0.39 is 0 Å². The number of hydrogen-bond donors (Lipinski definition) is 0. The molecule has 0 N–H and O–H groups in total. The highest BCUT2D eigenvalue weighted by atomic mass is 32.1. The van der Waals surface area contributed by atoms with Gasteiger partial charge in [-0.15, -0.1) is 90.7 Å². The van der Waals surface area contributed by atoms with E-state index in [9.17, 15) is 0 Å². The fourth-order valence-electron chi connectivity index (χ4n) is 6.07. The van der Waals surface area contributed by atoms with Gasteiger partial charge in [0.1, 0.15) is 0 Å². The van der Waals surface area contributed by atoms with Gasteiger partial charge in [0.15, 0.2) is 0 Å². The molecule has 0 amide bonds. The fraction of sp³-hybridized carbons (Fsp3) is 0. The summed E-state index contributed by atoms with van der Waals surface area (Å²) in [6.07, 6.45) is 0. The van der Waals surface area contributed by atoms with Crippen molar-refractivity contribution in [3.05, 3.63) is 158 Å². The standard InChI is InChI=1S/C44H26S8/c1-3-7-27(8-4-1)29-11-13-31(45-29)33-15-17-35(47-33)37-19-21-39(49-37)41-23-25-43(51-41)44-26-24-42(52-44)40-22-20-38(50-40)36-18-16-34(48-36)32-14-12-30(46-32)28-9-5-2-6-10-28/h1-26H. The van der Waals surface area contributed by atoms with Crippen molar-refractivity contribution in [3.63, 3.8) is 0 Å². The Labute approximate surface area is 334 Å². The molecule has 10 rings (SSSR count). The van der Waals surface area contributed by atoms with Crippen LogP contribution in [0, 0.1) is 0 Å². The van der Waals surface area contributed by atoms with Gasteiger partial charge in [0.05, 0.1) is 0 Å². The van der Waals surface area contributed by atoms with E-state index in [1.54, 1.807) is 0 Å². The molecule has 0 fully saturated rings. The molecule has 2 aromatic carbocycles. The van der Waals surface area contributed by atoms with Gasteiger partial charge in [0.25, 0.3) is 0 Å². The van der Waals surface area contributed by atoms with Crippen LogP contribution >= 0.6 is 90.7 Å². The Balaban J connectivity index is 0.824. The van der Waals surface area contributed by atoms with Crippen molar-refractivity contribution in [1.29, 1.82) is 0 Å². The van der Waals surface area contributed by atoms with Crippen molar-refractivity contribution < 1.29 is 0 Å². The first-order chi connectivity index (χ1) is 25.7. The molecule has 0 aliphatic heterocycles. The molecule has 0 aliphatic rings. The third kappa shape index (κ3) is 6.48. The maximum absolute atomic E-state index is 2.29. The Morgan fingerprint density at radius 3 is 0.500 bits per heavy atom. The summed E-state index contributed by atoms with van der Waals surface area (Å²) < 4.78 is 0. The lowest BCUT2D eigenvalue weighted by atomic mass is 10.2. The van der Waals surface area contributed by atoms with Gasteiger partial charge in [-0.05, 0) is 108 Å². The smallest absolute Gasteiger partial charge is 0.0449 e. The molecule has 250 valence electrons. The third-order valence-electron chi connectivity index (χ3n) is 8.66. The first-order valence-electron chi connectivity index (χ1n) is 16.6. The van der Waals surface area contributed by atoms with Gasteiger partial charge in [-0.25, -0.2) is 0 Å². The van der Waals surface area contributed by atoms with Crippen LogP contribution in [0.5, 0.6) is 0 Å². The topological polar surface area (TPSA) is 0 Å². The van der Waals surface area contributed by atoms with E-state index in [1.165, 1.54) is 89.2 Å². The first-order valence-corrected chi connectivity index (χ1v) is 23.2. The second-order valence-corrected chi connectivity index (χ2v) is 20.7. The lowest BCUT2D eigenvalue weighted by Crippen LogP contribution is -1.67. The summed E-state index contributed by atoms with van der Waals surface area (Å²) in [4.78, 5) is 21.3. The Bertz CT molecular complexity index is 2560. The molecule has 10 aromatic rings. The fourth-order valence-corrected chi connectivity index (χ4v) is 14.8. The Hall–Kier alpha value is -3.96. The van der Waals surface area contributed by atoms with Crippen LogP contribution in [0.25, 0.3) is 89.2 Å². The van der Waals surface area contributed by atoms with Crippen LogP contribution in [-0.2, 0) is 0 Å². The molecule has 0 aliphatic carbocycles. The summed E-state index contributed by atoms with van der Waals surface area (Å²) in [7, 11) is 0. The van der Waals surface area contributed by atoms with E-state index in [2.05, 4.69) is 158 Å². The zero-order chi connectivity index (χ0) is 34.4. The maximum atomic E-state index is 2.29. The molecule has 8 heterocycles. The van der Waals surface area contributed by atoms with E-state index in [1.807, 2.05) is 90.7 Å². The van der Waals surface area contributed by atoms with Crippen molar-refractivity contribution in [2.45, 2.75) is 0 Å². The molecule has 0 saturated carbocycles. The summed E-state index contributed by atoms with van der Waals surface area (Å²) in [5.74, 6) is 0. The highest BCUT2D eigenvalue weighted by Gasteiger charge is 2.16. The summed E-state index contributed by atoms with van der Waals surface area (Å²) >= 11 is 15.1. The monoisotopic (exact) mass is 810 g/mol. The number of rotatable bonds is 9. The van der Waals surface area contributed by atoms with Gasteiger partial charge in [0, 0.05) is 78.0 Å². The zero-order valence-corrected chi connectivity index (χ0v) is 33.8. The molecule has 0 unspecified atom stereocenters. The summed E-state index contributed by atoms with van der Waals surface area (Å²) in [5.41, 5.74) is 2.56. The van der Waals surface area contributed by atoms with E-state index >= 15 is 0 Å². The van der Waals surface area contributed by atoms with Gasteiger partial charge in [0.2, 0.25) is 0 Å². The predicted octanol–water partition coefficient (Wildman–Crippen LogP) is 17.2. The van der Waals surface area contributed by atoms with Crippen molar-refractivity contribution in [1.82, 2.24) is 0 Å². The van der Waals surface area contributed by atoms with Crippen LogP contribution < -0.4 is 0 Å². The molecular weight excluding hydrogens is 785 g/mol. The van der Waals surface area contributed by atoms with Gasteiger partial charge < -0.3 is 0 Å². The van der Waals surface area contributed by atoms with E-state index in [0.717, 1.165) is 0 Å². The maximum Gasteiger partial charge on any atom is 0.0449 e. The first kappa shape index (κ1) is 32.7. The number of hydrogen-bond acceptors (Lipinski definition) is 8. The van der Waals surface area contributed by atoms with Crippen molar-refractivity contribution >= 4 is 90.7 Å². The summed E-state index contributed by atoms with van der Waals surface area (Å²) in [6, 6.07) is 57.8. The van der Waals surface area contributed by atoms with Gasteiger partial charge in [-0.3, -0.25) is 0 Å². The minimum atomic E-state index is 1.28. The van der Waals surface area contributed by atoms with Gasteiger partial charge in [-0.2, -0.15) is 0 Å². The lowest BCUT2D eigenvalue weighted by molar-refractivity contribution is 1.70. The van der Waals surface area contributed by atoms with Crippen LogP contribution in [0.1, 0.15) is 0 Å². The molecular formula is C44H26S8. The van der Waals surface area contributed by atoms with Gasteiger partial charge >= 0.3 is 0 Å². The van der Waals surface area contributed by atoms with Crippen LogP contribution in [0.15, 0.2) is 158 Å². The van der Waals surface area contributed by atoms with Crippen molar-refractivity contribution in [2.24, 2.45) is 0 Å². The zero-order valence-electron chi connectivity index (χ0n) is 27.3. The van der Waals surface area contributed by atoms with E-state index in [4.69, 9.17) is 0 Å². The lowest BCUT2D eigenvalue weighted by Gasteiger charge is -1.95. The van der Waals surface area contributed by atoms with Gasteiger partial charge in [-0.1, -0.05) is 60.7 Å². The van der Waals surface area contributed by atoms with E-state index in [0.29, 0.717) is 0 Å². The molecule has 0 saturated heterocycles. The Morgan fingerprint density at radius 1 is 0.154 bits per heavy atom.